The first-order valence-electron chi connectivity index (χ1n) is 9.10. The zero-order valence-electron chi connectivity index (χ0n) is 16.7. The van der Waals surface area contributed by atoms with Crippen molar-refractivity contribution in [2.24, 2.45) is 4.99 Å². The van der Waals surface area contributed by atoms with Gasteiger partial charge in [-0.3, -0.25) is 9.79 Å². The summed E-state index contributed by atoms with van der Waals surface area (Å²) in [4.78, 5) is 17.5. The summed E-state index contributed by atoms with van der Waals surface area (Å²) in [6, 6.07) is 7.37. The third-order valence-corrected chi connectivity index (χ3v) is 3.78. The first-order chi connectivity index (χ1) is 12.6. The van der Waals surface area contributed by atoms with E-state index in [1.54, 1.807) is 7.05 Å². The van der Waals surface area contributed by atoms with Crippen molar-refractivity contribution in [3.8, 4) is 5.75 Å². The van der Waals surface area contributed by atoms with Gasteiger partial charge in [-0.05, 0) is 31.4 Å². The molecule has 1 aromatic rings. The topological polar surface area (TPSA) is 66.0 Å². The molecule has 0 unspecified atom stereocenters. The maximum atomic E-state index is 11.1. The van der Waals surface area contributed by atoms with E-state index >= 15 is 0 Å². The van der Waals surface area contributed by atoms with Crippen LogP contribution in [0.25, 0.3) is 0 Å². The molecule has 0 saturated heterocycles. The Balaban J connectivity index is 0.00000676. The first kappa shape index (κ1) is 25.2. The van der Waals surface area contributed by atoms with Crippen LogP contribution in [0.1, 0.15) is 32.6 Å². The van der Waals surface area contributed by atoms with Gasteiger partial charge in [0, 0.05) is 39.3 Å². The van der Waals surface area contributed by atoms with Crippen LogP contribution in [0.15, 0.2) is 41.9 Å². The third kappa shape index (κ3) is 11.5. The number of hydrogen-bond donors (Lipinski definition) is 2. The second kappa shape index (κ2) is 15.3. The van der Waals surface area contributed by atoms with Gasteiger partial charge in [0.25, 0.3) is 0 Å². The average molecular weight is 488 g/mol. The number of amides is 1. The molecule has 27 heavy (non-hydrogen) atoms. The fraction of sp³-hybridized carbons (Fsp3) is 0.500. The molecule has 0 spiro atoms. The lowest BCUT2D eigenvalue weighted by Gasteiger charge is -2.22. The van der Waals surface area contributed by atoms with Crippen LogP contribution in [-0.2, 0) is 4.79 Å². The average Bonchev–Trinajstić information content (AvgIpc) is 2.61. The molecule has 6 nitrogen and oxygen atoms in total. The number of hydrogen-bond acceptors (Lipinski definition) is 3. The minimum absolute atomic E-state index is 0. The molecule has 0 heterocycles. The number of guanidine groups is 1. The van der Waals surface area contributed by atoms with Gasteiger partial charge in [0.2, 0.25) is 5.91 Å². The van der Waals surface area contributed by atoms with Gasteiger partial charge >= 0.3 is 0 Å². The molecule has 0 atom stereocenters. The zero-order chi connectivity index (χ0) is 19.2. The van der Waals surface area contributed by atoms with Crippen LogP contribution in [0.5, 0.6) is 5.75 Å². The van der Waals surface area contributed by atoms with E-state index in [0.29, 0.717) is 13.2 Å². The number of carbonyl (C=O) groups is 1. The molecular weight excluding hydrogens is 455 g/mol. The van der Waals surface area contributed by atoms with Crippen LogP contribution in [0.2, 0.25) is 0 Å². The molecule has 0 aliphatic carbocycles. The Kier molecular flexibility index (Phi) is 14.3. The van der Waals surface area contributed by atoms with E-state index < -0.39 is 0 Å². The Morgan fingerprint density at radius 1 is 1.33 bits per heavy atom. The Labute approximate surface area is 180 Å². The highest BCUT2D eigenvalue weighted by molar-refractivity contribution is 14.0. The van der Waals surface area contributed by atoms with E-state index in [4.69, 9.17) is 4.74 Å². The maximum absolute atomic E-state index is 11.1. The normalized spacial score (nSPS) is 10.6. The number of aliphatic imine (C=N–C) groups is 1. The summed E-state index contributed by atoms with van der Waals surface area (Å²) in [5.74, 6) is 1.49. The van der Waals surface area contributed by atoms with Gasteiger partial charge in [0.05, 0.1) is 6.54 Å². The maximum Gasteiger partial charge on any atom is 0.221 e. The predicted molar refractivity (Wildman–Crippen MR) is 124 cm³/mol. The summed E-state index contributed by atoms with van der Waals surface area (Å²) in [7, 11) is 3.83. The fourth-order valence-electron chi connectivity index (χ4n) is 2.50. The number of ether oxygens (including phenoxy) is 1. The number of nitrogens with one attached hydrogen (secondary N) is 2. The molecule has 0 fully saturated rings. The van der Waals surface area contributed by atoms with Crippen molar-refractivity contribution in [2.45, 2.75) is 32.6 Å². The molecule has 0 bridgehead atoms. The van der Waals surface area contributed by atoms with Gasteiger partial charge < -0.3 is 20.3 Å². The van der Waals surface area contributed by atoms with E-state index in [-0.39, 0.29) is 29.9 Å². The molecule has 0 aromatic heterocycles. The minimum atomic E-state index is -0.0971. The van der Waals surface area contributed by atoms with Gasteiger partial charge in [-0.1, -0.05) is 18.6 Å². The summed E-state index contributed by atoms with van der Waals surface area (Å²) >= 11 is 0. The molecule has 152 valence electrons. The molecular formula is C20H33IN4O2. The van der Waals surface area contributed by atoms with Crippen LogP contribution in [0.4, 0.5) is 5.69 Å². The van der Waals surface area contributed by atoms with Crippen molar-refractivity contribution < 1.29 is 9.53 Å². The van der Waals surface area contributed by atoms with Gasteiger partial charge in [0.15, 0.2) is 5.96 Å². The van der Waals surface area contributed by atoms with E-state index in [9.17, 15) is 4.79 Å². The van der Waals surface area contributed by atoms with E-state index in [1.165, 1.54) is 19.8 Å². The van der Waals surface area contributed by atoms with Crippen molar-refractivity contribution >= 4 is 41.5 Å². The van der Waals surface area contributed by atoms with Crippen molar-refractivity contribution in [1.29, 1.82) is 0 Å². The predicted octanol–water partition coefficient (Wildman–Crippen LogP) is 3.90. The van der Waals surface area contributed by atoms with Crippen LogP contribution in [0.3, 0.4) is 0 Å². The third-order valence-electron chi connectivity index (χ3n) is 3.78. The highest BCUT2D eigenvalue weighted by Gasteiger charge is 2.05. The summed E-state index contributed by atoms with van der Waals surface area (Å²) in [5.41, 5.74) is 0.731. The van der Waals surface area contributed by atoms with Gasteiger partial charge in [-0.2, -0.15) is 0 Å². The summed E-state index contributed by atoms with van der Waals surface area (Å²) < 4.78 is 5.73. The molecule has 2 N–H and O–H groups in total. The van der Waals surface area contributed by atoms with Crippen molar-refractivity contribution in [2.75, 3.05) is 39.1 Å². The number of nitrogens with zero attached hydrogens (tertiary/aromatic N) is 2. The number of benzene rings is 1. The monoisotopic (exact) mass is 488 g/mol. The molecule has 1 amide bonds. The number of carbonyl (C=O) groups excluding carboxylic acids is 1. The largest absolute Gasteiger partial charge is 0.492 e. The number of allylic oxidation sites excluding steroid dienone is 1. The highest BCUT2D eigenvalue weighted by atomic mass is 127. The quantitative estimate of drug-likeness (QED) is 0.163. The summed E-state index contributed by atoms with van der Waals surface area (Å²) in [6.45, 7) is 7.36. The molecule has 7 heteroatoms. The second-order valence-electron chi connectivity index (χ2n) is 6.09. The summed E-state index contributed by atoms with van der Waals surface area (Å²) in [6.07, 6.45) is 6.57. The molecule has 0 saturated carbocycles. The van der Waals surface area contributed by atoms with Gasteiger partial charge in [-0.25, -0.2) is 0 Å². The highest BCUT2D eigenvalue weighted by Crippen LogP contribution is 2.17. The number of rotatable bonds is 11. The lowest BCUT2D eigenvalue weighted by molar-refractivity contribution is -0.114. The lowest BCUT2D eigenvalue weighted by Crippen LogP contribution is -2.41. The Bertz CT molecular complexity index is 593. The van der Waals surface area contributed by atoms with Crippen molar-refractivity contribution in [3.63, 3.8) is 0 Å². The van der Waals surface area contributed by atoms with Gasteiger partial charge in [0.1, 0.15) is 12.4 Å². The minimum Gasteiger partial charge on any atom is -0.492 e. The smallest absolute Gasteiger partial charge is 0.221 e. The molecule has 1 rings (SSSR count). The molecule has 0 radical (unpaired) electrons. The Morgan fingerprint density at radius 2 is 2.11 bits per heavy atom. The Morgan fingerprint density at radius 3 is 2.78 bits per heavy atom. The van der Waals surface area contributed by atoms with Crippen LogP contribution in [0, 0.1) is 0 Å². The van der Waals surface area contributed by atoms with Gasteiger partial charge in [-0.15, -0.1) is 30.6 Å². The number of unbranched alkanes of at least 4 members (excludes halogenated alkanes) is 3. The first-order valence-corrected chi connectivity index (χ1v) is 9.10. The van der Waals surface area contributed by atoms with Crippen LogP contribution in [-0.4, -0.2) is 50.6 Å². The zero-order valence-corrected chi connectivity index (χ0v) is 19.0. The molecule has 0 aliphatic rings. The Hall–Kier alpha value is -1.77. The SMILES string of the molecule is C=CCCCCCN(C)C(=NC)NCCOc1cccc(NC(C)=O)c1.I. The van der Waals surface area contributed by atoms with Crippen LogP contribution < -0.4 is 15.4 Å². The summed E-state index contributed by atoms with van der Waals surface area (Å²) in [5, 5.41) is 6.05. The lowest BCUT2D eigenvalue weighted by atomic mass is 10.2. The van der Waals surface area contributed by atoms with Crippen LogP contribution >= 0.6 is 24.0 Å². The van der Waals surface area contributed by atoms with E-state index in [1.807, 2.05) is 37.4 Å². The molecule has 0 aliphatic heterocycles. The van der Waals surface area contributed by atoms with E-state index in [0.717, 1.165) is 36.8 Å². The van der Waals surface area contributed by atoms with E-state index in [2.05, 4.69) is 27.1 Å². The van der Waals surface area contributed by atoms with Crippen molar-refractivity contribution in [1.82, 2.24) is 10.2 Å². The fourth-order valence-corrected chi connectivity index (χ4v) is 2.50. The number of anilines is 1. The standard InChI is InChI=1S/C20H32N4O2.HI/c1-5-6-7-8-9-14-24(4)20(21-3)22-13-15-26-19-12-10-11-18(16-19)23-17(2)25;/h5,10-12,16H,1,6-9,13-15H2,2-4H3,(H,21,22)(H,23,25);1H. The van der Waals surface area contributed by atoms with Crippen molar-refractivity contribution in [3.05, 3.63) is 36.9 Å². The second-order valence-corrected chi connectivity index (χ2v) is 6.09. The molecule has 1 aromatic carbocycles. The number of halogens is 1.